The van der Waals surface area contributed by atoms with Gasteiger partial charge in [0.05, 0.1) is 12.3 Å². The predicted molar refractivity (Wildman–Crippen MR) is 97.8 cm³/mol. The summed E-state index contributed by atoms with van der Waals surface area (Å²) in [5, 5.41) is 16.7. The van der Waals surface area contributed by atoms with Crippen LogP contribution in [0.15, 0.2) is 22.7 Å². The molecule has 0 atom stereocenters. The molecule has 0 radical (unpaired) electrons. The zero-order valence-electron chi connectivity index (χ0n) is 14.0. The number of carbonyl (C=O) groups excluding carboxylic acids is 2. The van der Waals surface area contributed by atoms with Gasteiger partial charge in [-0.3, -0.25) is 9.59 Å². The number of aromatic nitrogens is 3. The SMILES string of the molecule is CCNC(=O)CNC(=O)CSc1nnc(Cc2cccs2)n1C1CC1. The van der Waals surface area contributed by atoms with Crippen LogP contribution in [-0.4, -0.2) is 45.4 Å². The molecule has 2 aromatic heterocycles. The molecule has 2 N–H and O–H groups in total. The van der Waals surface area contributed by atoms with Gasteiger partial charge in [0.25, 0.3) is 0 Å². The molecule has 2 heterocycles. The minimum atomic E-state index is -0.180. The molecule has 9 heteroatoms. The third kappa shape index (κ3) is 5.05. The summed E-state index contributed by atoms with van der Waals surface area (Å²) in [5.74, 6) is 0.820. The van der Waals surface area contributed by atoms with Crippen LogP contribution in [0.25, 0.3) is 0 Å². The van der Waals surface area contributed by atoms with E-state index in [1.165, 1.54) is 16.6 Å². The van der Waals surface area contributed by atoms with Gasteiger partial charge in [-0.1, -0.05) is 17.8 Å². The molecule has 0 aliphatic heterocycles. The van der Waals surface area contributed by atoms with Gasteiger partial charge in [0.1, 0.15) is 5.82 Å². The normalized spacial score (nSPS) is 13.6. The lowest BCUT2D eigenvalue weighted by molar-refractivity contribution is -0.124. The molecular weight excluding hydrogens is 358 g/mol. The first-order valence-electron chi connectivity index (χ1n) is 8.29. The maximum Gasteiger partial charge on any atom is 0.239 e. The Morgan fingerprint density at radius 3 is 2.84 bits per heavy atom. The highest BCUT2D eigenvalue weighted by molar-refractivity contribution is 7.99. The molecule has 25 heavy (non-hydrogen) atoms. The van der Waals surface area contributed by atoms with Crippen molar-refractivity contribution < 1.29 is 9.59 Å². The fourth-order valence-corrected chi connectivity index (χ4v) is 3.97. The average Bonchev–Trinajstić information content (AvgIpc) is 3.15. The first-order valence-corrected chi connectivity index (χ1v) is 10.2. The van der Waals surface area contributed by atoms with Crippen molar-refractivity contribution in [1.29, 1.82) is 0 Å². The summed E-state index contributed by atoms with van der Waals surface area (Å²) in [6.45, 7) is 2.40. The fourth-order valence-electron chi connectivity index (χ4n) is 2.41. The Bertz CT molecular complexity index is 725. The lowest BCUT2D eigenvalue weighted by Crippen LogP contribution is -2.37. The molecule has 7 nitrogen and oxygen atoms in total. The first kappa shape index (κ1) is 17.9. The molecule has 1 fully saturated rings. The van der Waals surface area contributed by atoms with Gasteiger partial charge in [0, 0.05) is 23.9 Å². The van der Waals surface area contributed by atoms with Crippen molar-refractivity contribution in [1.82, 2.24) is 25.4 Å². The molecule has 0 bridgehead atoms. The van der Waals surface area contributed by atoms with E-state index in [0.717, 1.165) is 30.2 Å². The Kier molecular flexibility index (Phi) is 6.09. The third-order valence-electron chi connectivity index (χ3n) is 3.71. The van der Waals surface area contributed by atoms with Crippen molar-refractivity contribution in [3.05, 3.63) is 28.2 Å². The second kappa shape index (κ2) is 8.48. The zero-order valence-corrected chi connectivity index (χ0v) is 15.7. The minimum Gasteiger partial charge on any atom is -0.355 e. The van der Waals surface area contributed by atoms with Crippen LogP contribution in [-0.2, 0) is 16.0 Å². The Morgan fingerprint density at radius 1 is 1.32 bits per heavy atom. The van der Waals surface area contributed by atoms with Crippen LogP contribution in [0, 0.1) is 0 Å². The number of nitrogens with one attached hydrogen (secondary N) is 2. The van der Waals surface area contributed by atoms with Crippen LogP contribution in [0.3, 0.4) is 0 Å². The van der Waals surface area contributed by atoms with Crippen molar-refractivity contribution in [2.24, 2.45) is 0 Å². The highest BCUT2D eigenvalue weighted by Gasteiger charge is 2.29. The van der Waals surface area contributed by atoms with E-state index in [4.69, 9.17) is 0 Å². The average molecular weight is 380 g/mol. The number of nitrogens with zero attached hydrogens (tertiary/aromatic N) is 3. The first-order chi connectivity index (χ1) is 12.2. The van der Waals surface area contributed by atoms with Gasteiger partial charge in [0.15, 0.2) is 5.16 Å². The Hall–Kier alpha value is -1.87. The van der Waals surface area contributed by atoms with Gasteiger partial charge in [0.2, 0.25) is 11.8 Å². The second-order valence-corrected chi connectivity index (χ2v) is 7.75. The van der Waals surface area contributed by atoms with Crippen molar-refractivity contribution in [2.75, 3.05) is 18.8 Å². The number of thiophene rings is 1. The van der Waals surface area contributed by atoms with Gasteiger partial charge in [-0.25, -0.2) is 0 Å². The van der Waals surface area contributed by atoms with Crippen LogP contribution in [0.4, 0.5) is 0 Å². The van der Waals surface area contributed by atoms with Gasteiger partial charge in [-0.2, -0.15) is 0 Å². The minimum absolute atomic E-state index is 0.00613. The van der Waals surface area contributed by atoms with Crippen LogP contribution in [0.1, 0.15) is 36.5 Å². The molecule has 2 amide bonds. The number of thioether (sulfide) groups is 1. The molecule has 1 aliphatic carbocycles. The van der Waals surface area contributed by atoms with Crippen LogP contribution >= 0.6 is 23.1 Å². The zero-order chi connectivity index (χ0) is 17.6. The smallest absolute Gasteiger partial charge is 0.239 e. The lowest BCUT2D eigenvalue weighted by atomic mass is 10.3. The highest BCUT2D eigenvalue weighted by atomic mass is 32.2. The molecule has 1 aliphatic rings. The summed E-state index contributed by atoms with van der Waals surface area (Å²) >= 11 is 3.08. The predicted octanol–water partition coefficient (Wildman–Crippen LogP) is 1.61. The Labute approximate surface area is 154 Å². The van der Waals surface area contributed by atoms with Crippen molar-refractivity contribution in [3.63, 3.8) is 0 Å². The third-order valence-corrected chi connectivity index (χ3v) is 5.53. The number of hydrogen-bond acceptors (Lipinski definition) is 6. The summed E-state index contributed by atoms with van der Waals surface area (Å²) in [6, 6.07) is 4.58. The molecule has 0 unspecified atom stereocenters. The van der Waals surface area contributed by atoms with Crippen LogP contribution in [0.5, 0.6) is 0 Å². The number of hydrogen-bond donors (Lipinski definition) is 2. The van der Waals surface area contributed by atoms with E-state index in [2.05, 4.69) is 36.8 Å². The molecule has 2 aromatic rings. The van der Waals surface area contributed by atoms with E-state index in [-0.39, 0.29) is 24.1 Å². The maximum absolute atomic E-state index is 11.9. The highest BCUT2D eigenvalue weighted by Crippen LogP contribution is 2.39. The van der Waals surface area contributed by atoms with E-state index in [9.17, 15) is 9.59 Å². The number of rotatable bonds is 9. The van der Waals surface area contributed by atoms with Gasteiger partial charge >= 0.3 is 0 Å². The largest absolute Gasteiger partial charge is 0.355 e. The van der Waals surface area contributed by atoms with Crippen molar-refractivity contribution in [2.45, 2.75) is 37.4 Å². The lowest BCUT2D eigenvalue weighted by Gasteiger charge is -2.08. The second-order valence-electron chi connectivity index (χ2n) is 5.78. The molecule has 0 spiro atoms. The van der Waals surface area contributed by atoms with E-state index in [0.29, 0.717) is 12.6 Å². The van der Waals surface area contributed by atoms with Gasteiger partial charge in [-0.15, -0.1) is 21.5 Å². The summed E-state index contributed by atoms with van der Waals surface area (Å²) in [7, 11) is 0. The Balaban J connectivity index is 1.56. The summed E-state index contributed by atoms with van der Waals surface area (Å²) in [5.41, 5.74) is 0. The van der Waals surface area contributed by atoms with E-state index in [1.807, 2.05) is 13.0 Å². The molecule has 1 saturated carbocycles. The molecule has 134 valence electrons. The van der Waals surface area contributed by atoms with Crippen LogP contribution in [0.2, 0.25) is 0 Å². The molecule has 0 aromatic carbocycles. The fraction of sp³-hybridized carbons (Fsp3) is 0.500. The van der Waals surface area contributed by atoms with E-state index in [1.54, 1.807) is 11.3 Å². The number of carbonyl (C=O) groups is 2. The summed E-state index contributed by atoms with van der Waals surface area (Å²) < 4.78 is 2.17. The van der Waals surface area contributed by atoms with E-state index >= 15 is 0 Å². The van der Waals surface area contributed by atoms with Gasteiger partial charge < -0.3 is 15.2 Å². The quantitative estimate of drug-likeness (QED) is 0.646. The number of amides is 2. The van der Waals surface area contributed by atoms with Crippen molar-refractivity contribution >= 4 is 34.9 Å². The van der Waals surface area contributed by atoms with Gasteiger partial charge in [-0.05, 0) is 31.2 Å². The monoisotopic (exact) mass is 379 g/mol. The maximum atomic E-state index is 11.9. The summed E-state index contributed by atoms with van der Waals surface area (Å²) in [4.78, 5) is 24.5. The molecule has 0 saturated heterocycles. The van der Waals surface area contributed by atoms with Crippen molar-refractivity contribution in [3.8, 4) is 0 Å². The Morgan fingerprint density at radius 2 is 2.16 bits per heavy atom. The topological polar surface area (TPSA) is 88.9 Å². The number of likely N-dealkylation sites (N-methyl/N-ethyl adjacent to an activating group) is 1. The summed E-state index contributed by atoms with van der Waals surface area (Å²) in [6.07, 6.45) is 3.03. The standard InChI is InChI=1S/C16H21N5O2S2/c1-2-17-14(22)9-18-15(23)10-25-16-20-19-13(21(16)11-5-6-11)8-12-4-3-7-24-12/h3-4,7,11H,2,5-6,8-10H2,1H3,(H,17,22)(H,18,23). The molecular formula is C16H21N5O2S2. The molecule has 3 rings (SSSR count). The van der Waals surface area contributed by atoms with E-state index < -0.39 is 0 Å². The van der Waals surface area contributed by atoms with Crippen LogP contribution < -0.4 is 10.6 Å².